The van der Waals surface area contributed by atoms with E-state index in [-0.39, 0.29) is 6.61 Å². The van der Waals surface area contributed by atoms with E-state index in [0.717, 1.165) is 0 Å². The summed E-state index contributed by atoms with van der Waals surface area (Å²) in [7, 11) is 0. The summed E-state index contributed by atoms with van der Waals surface area (Å²) in [6.07, 6.45) is 0.490. The third-order valence-corrected chi connectivity index (χ3v) is 0.981. The second kappa shape index (κ2) is 4.36. The molecule has 0 amide bonds. The van der Waals surface area contributed by atoms with E-state index in [9.17, 15) is 4.79 Å². The Balaban J connectivity index is 3.92. The van der Waals surface area contributed by atoms with Crippen LogP contribution in [0.2, 0.25) is 0 Å². The summed E-state index contributed by atoms with van der Waals surface area (Å²) in [6, 6.07) is 0. The molecule has 1 atom stereocenters. The molecule has 0 bridgehead atoms. The van der Waals surface area contributed by atoms with E-state index in [4.69, 9.17) is 4.11 Å². The standard InChI is InChI=1S/C7H14O2/c1-4-6(2)5-9-7(3)8/h6H,4-5H2,1-3H3/i2D3. The second-order valence-corrected chi connectivity index (χ2v) is 1.91. The van der Waals surface area contributed by atoms with Crippen LogP contribution in [0.3, 0.4) is 0 Å². The molecular weight excluding hydrogens is 116 g/mol. The first-order chi connectivity index (χ1) is 5.38. The van der Waals surface area contributed by atoms with Gasteiger partial charge in [0.15, 0.2) is 0 Å². The summed E-state index contributed by atoms with van der Waals surface area (Å²) >= 11 is 0. The van der Waals surface area contributed by atoms with Crippen molar-refractivity contribution in [3.8, 4) is 0 Å². The van der Waals surface area contributed by atoms with Gasteiger partial charge in [0.25, 0.3) is 0 Å². The highest BCUT2D eigenvalue weighted by molar-refractivity contribution is 5.65. The maximum atomic E-state index is 10.4. The fourth-order valence-corrected chi connectivity index (χ4v) is 0.336. The van der Waals surface area contributed by atoms with Crippen molar-refractivity contribution in [1.82, 2.24) is 0 Å². The summed E-state index contributed by atoms with van der Waals surface area (Å²) in [4.78, 5) is 10.4. The monoisotopic (exact) mass is 133 g/mol. The van der Waals surface area contributed by atoms with Gasteiger partial charge in [-0.2, -0.15) is 0 Å². The van der Waals surface area contributed by atoms with E-state index < -0.39 is 18.7 Å². The van der Waals surface area contributed by atoms with Gasteiger partial charge in [-0.05, 0) is 5.92 Å². The molecule has 0 rings (SSSR count). The molecule has 0 saturated heterocycles. The lowest BCUT2D eigenvalue weighted by Crippen LogP contribution is -2.07. The van der Waals surface area contributed by atoms with Crippen molar-refractivity contribution in [2.24, 2.45) is 5.92 Å². The maximum Gasteiger partial charge on any atom is 0.302 e. The molecule has 2 nitrogen and oxygen atoms in total. The lowest BCUT2D eigenvalue weighted by atomic mass is 10.1. The third-order valence-electron chi connectivity index (χ3n) is 0.981. The van der Waals surface area contributed by atoms with Gasteiger partial charge in [0, 0.05) is 11.0 Å². The van der Waals surface area contributed by atoms with Crippen molar-refractivity contribution in [3.05, 3.63) is 0 Å². The van der Waals surface area contributed by atoms with Crippen LogP contribution < -0.4 is 0 Å². The second-order valence-electron chi connectivity index (χ2n) is 1.91. The molecule has 54 valence electrons. The number of hydrogen-bond donors (Lipinski definition) is 0. The van der Waals surface area contributed by atoms with Crippen LogP contribution in [0.15, 0.2) is 0 Å². The number of hydrogen-bond acceptors (Lipinski definition) is 2. The minimum atomic E-state index is -2.02. The Morgan fingerprint density at radius 3 is 2.89 bits per heavy atom. The average molecular weight is 133 g/mol. The SMILES string of the molecule is [2H]C([2H])([2H])C(CC)COC(C)=O. The minimum absolute atomic E-state index is 0.0116. The molecule has 0 aliphatic rings. The van der Waals surface area contributed by atoms with Crippen LogP contribution in [0, 0.1) is 5.92 Å². The van der Waals surface area contributed by atoms with Crippen molar-refractivity contribution < 1.29 is 13.6 Å². The quantitative estimate of drug-likeness (QED) is 0.546. The third kappa shape index (κ3) is 5.34. The first kappa shape index (κ1) is 4.31. The predicted octanol–water partition coefficient (Wildman–Crippen LogP) is 1.60. The molecule has 0 N–H and O–H groups in total. The molecule has 0 aromatic rings. The summed E-state index contributed by atoms with van der Waals surface area (Å²) in [5.41, 5.74) is 0. The molecule has 9 heavy (non-hydrogen) atoms. The molecular formula is C7H14O2. The molecule has 0 aliphatic carbocycles. The van der Waals surface area contributed by atoms with Gasteiger partial charge in [0.1, 0.15) is 0 Å². The maximum absolute atomic E-state index is 10.4. The van der Waals surface area contributed by atoms with E-state index >= 15 is 0 Å². The first-order valence-corrected chi connectivity index (χ1v) is 3.01. The van der Waals surface area contributed by atoms with Crippen LogP contribution in [-0.4, -0.2) is 12.6 Å². The normalized spacial score (nSPS) is 19.1. The van der Waals surface area contributed by atoms with Crippen molar-refractivity contribution in [3.63, 3.8) is 0 Å². The largest absolute Gasteiger partial charge is 0.466 e. The molecule has 0 fully saturated rings. The fourth-order valence-electron chi connectivity index (χ4n) is 0.336. The number of carbonyl (C=O) groups excluding carboxylic acids is 1. The predicted molar refractivity (Wildman–Crippen MR) is 36.1 cm³/mol. The summed E-state index contributed by atoms with van der Waals surface area (Å²) in [5, 5.41) is 0. The number of ether oxygens (including phenoxy) is 1. The van der Waals surface area contributed by atoms with Crippen LogP contribution in [-0.2, 0) is 9.53 Å². The molecule has 1 unspecified atom stereocenters. The van der Waals surface area contributed by atoms with Gasteiger partial charge in [0.2, 0.25) is 0 Å². The molecule has 2 heteroatoms. The Morgan fingerprint density at radius 1 is 1.89 bits per heavy atom. The van der Waals surface area contributed by atoms with Crippen molar-refractivity contribution >= 4 is 5.97 Å². The molecule has 0 heterocycles. The van der Waals surface area contributed by atoms with Crippen molar-refractivity contribution in [2.45, 2.75) is 27.1 Å². The van der Waals surface area contributed by atoms with E-state index in [0.29, 0.717) is 6.42 Å². The van der Waals surface area contributed by atoms with E-state index in [1.807, 2.05) is 0 Å². The van der Waals surface area contributed by atoms with Crippen LogP contribution >= 0.6 is 0 Å². The zero-order chi connectivity index (χ0) is 9.78. The topological polar surface area (TPSA) is 26.3 Å². The van der Waals surface area contributed by atoms with Crippen molar-refractivity contribution in [1.29, 1.82) is 0 Å². The Bertz CT molecular complexity index is 153. The zero-order valence-electron chi connectivity index (χ0n) is 8.81. The molecule has 0 saturated carbocycles. The average Bonchev–Trinajstić information content (AvgIpc) is 1.85. The van der Waals surface area contributed by atoms with E-state index in [1.165, 1.54) is 6.92 Å². The lowest BCUT2D eigenvalue weighted by Gasteiger charge is -2.06. The summed E-state index contributed by atoms with van der Waals surface area (Å²) in [5.74, 6) is -0.973. The van der Waals surface area contributed by atoms with Gasteiger partial charge < -0.3 is 4.74 Å². The lowest BCUT2D eigenvalue weighted by molar-refractivity contribution is -0.142. The highest BCUT2D eigenvalue weighted by Crippen LogP contribution is 1.99. The van der Waals surface area contributed by atoms with E-state index in [1.54, 1.807) is 6.92 Å². The van der Waals surface area contributed by atoms with Crippen LogP contribution in [0.5, 0.6) is 0 Å². The van der Waals surface area contributed by atoms with Gasteiger partial charge in [-0.1, -0.05) is 20.2 Å². The van der Waals surface area contributed by atoms with Crippen molar-refractivity contribution in [2.75, 3.05) is 6.61 Å². The highest BCUT2D eigenvalue weighted by Gasteiger charge is 1.99. The summed E-state index contributed by atoms with van der Waals surface area (Å²) in [6.45, 7) is 0.999. The minimum Gasteiger partial charge on any atom is -0.466 e. The zero-order valence-corrected chi connectivity index (χ0v) is 5.81. The Labute approximate surface area is 60.4 Å². The van der Waals surface area contributed by atoms with Gasteiger partial charge in [-0.15, -0.1) is 0 Å². The summed E-state index contributed by atoms with van der Waals surface area (Å²) < 4.78 is 25.8. The van der Waals surface area contributed by atoms with Gasteiger partial charge in [-0.3, -0.25) is 4.79 Å². The molecule has 0 aromatic heterocycles. The van der Waals surface area contributed by atoms with Crippen LogP contribution in [0.4, 0.5) is 0 Å². The van der Waals surface area contributed by atoms with E-state index in [2.05, 4.69) is 4.74 Å². The van der Waals surface area contributed by atoms with Gasteiger partial charge in [-0.25, -0.2) is 0 Å². The van der Waals surface area contributed by atoms with Crippen LogP contribution in [0.1, 0.15) is 31.2 Å². The van der Waals surface area contributed by atoms with Gasteiger partial charge >= 0.3 is 5.97 Å². The first-order valence-electron chi connectivity index (χ1n) is 4.51. The Hall–Kier alpha value is -0.530. The van der Waals surface area contributed by atoms with Gasteiger partial charge in [0.05, 0.1) is 6.61 Å². The highest BCUT2D eigenvalue weighted by atomic mass is 16.5. The van der Waals surface area contributed by atoms with Crippen LogP contribution in [0.25, 0.3) is 0 Å². The number of esters is 1. The fraction of sp³-hybridized carbons (Fsp3) is 0.857. The molecule has 0 radical (unpaired) electrons. The molecule has 0 aliphatic heterocycles. The number of carbonyl (C=O) groups is 1. The molecule has 0 aromatic carbocycles. The Morgan fingerprint density at radius 2 is 2.56 bits per heavy atom. The smallest absolute Gasteiger partial charge is 0.302 e. The molecule has 0 spiro atoms. The Kier molecular flexibility index (Phi) is 2.09. The number of rotatable bonds is 3.